The van der Waals surface area contributed by atoms with Gasteiger partial charge in [0, 0.05) is 32.4 Å². The zero-order valence-electron chi connectivity index (χ0n) is 13.7. The third-order valence-corrected chi connectivity index (χ3v) is 5.05. The van der Waals surface area contributed by atoms with E-state index in [1.54, 1.807) is 7.11 Å². The smallest absolute Gasteiger partial charge is 0.135 e. The SMILES string of the molecule is COC1(c2nccc(C)c2C2CCN[C@H](C)C2)CCOC1.Cl. The van der Waals surface area contributed by atoms with Gasteiger partial charge < -0.3 is 14.8 Å². The van der Waals surface area contributed by atoms with E-state index < -0.39 is 0 Å². The first-order valence-corrected chi connectivity index (χ1v) is 7.98. The van der Waals surface area contributed by atoms with Crippen LogP contribution in [-0.2, 0) is 15.1 Å². The summed E-state index contributed by atoms with van der Waals surface area (Å²) >= 11 is 0. The van der Waals surface area contributed by atoms with E-state index in [4.69, 9.17) is 14.5 Å². The fourth-order valence-electron chi connectivity index (χ4n) is 3.83. The Morgan fingerprint density at radius 1 is 1.45 bits per heavy atom. The molecule has 3 heterocycles. The number of halogens is 1. The molecule has 3 atom stereocenters. The molecule has 4 nitrogen and oxygen atoms in total. The zero-order valence-corrected chi connectivity index (χ0v) is 14.5. The lowest BCUT2D eigenvalue weighted by molar-refractivity contribution is -0.0257. The summed E-state index contributed by atoms with van der Waals surface area (Å²) in [5, 5.41) is 3.54. The third kappa shape index (κ3) is 3.16. The van der Waals surface area contributed by atoms with E-state index in [9.17, 15) is 0 Å². The third-order valence-electron chi connectivity index (χ3n) is 5.05. The Hall–Kier alpha value is -0.680. The minimum atomic E-state index is -0.352. The lowest BCUT2D eigenvalue weighted by Gasteiger charge is -2.34. The normalized spacial score (nSPS) is 31.8. The molecule has 2 aliphatic heterocycles. The number of nitrogens with zero attached hydrogens (tertiary/aromatic N) is 1. The van der Waals surface area contributed by atoms with Crippen LogP contribution in [-0.4, -0.2) is 37.9 Å². The summed E-state index contributed by atoms with van der Waals surface area (Å²) in [5.74, 6) is 0.567. The van der Waals surface area contributed by atoms with Gasteiger partial charge in [-0.1, -0.05) is 0 Å². The van der Waals surface area contributed by atoms with Crippen molar-refractivity contribution in [3.63, 3.8) is 0 Å². The van der Waals surface area contributed by atoms with Crippen molar-refractivity contribution in [2.75, 3.05) is 26.9 Å². The van der Waals surface area contributed by atoms with Crippen molar-refractivity contribution in [3.8, 4) is 0 Å². The van der Waals surface area contributed by atoms with Gasteiger partial charge >= 0.3 is 0 Å². The molecule has 0 bridgehead atoms. The van der Waals surface area contributed by atoms with Gasteiger partial charge in [0.05, 0.1) is 12.3 Å². The highest BCUT2D eigenvalue weighted by atomic mass is 35.5. The van der Waals surface area contributed by atoms with Crippen LogP contribution >= 0.6 is 12.4 Å². The molecule has 2 aliphatic rings. The highest BCUT2D eigenvalue weighted by Crippen LogP contribution is 2.40. The second kappa shape index (κ2) is 7.26. The first-order chi connectivity index (χ1) is 10.2. The summed E-state index contributed by atoms with van der Waals surface area (Å²) in [6, 6.07) is 2.69. The number of ether oxygens (including phenoxy) is 2. The molecule has 2 saturated heterocycles. The molecule has 1 N–H and O–H groups in total. The van der Waals surface area contributed by atoms with Crippen LogP contribution in [0, 0.1) is 6.92 Å². The van der Waals surface area contributed by atoms with Gasteiger partial charge in [-0.15, -0.1) is 12.4 Å². The monoisotopic (exact) mass is 326 g/mol. The standard InChI is InChI=1S/C17H26N2O2.ClH/c1-12-4-7-19-16(17(20-3)6-9-21-11-17)15(12)14-5-8-18-13(2)10-14;/h4,7,13-14,18H,5-6,8-11H2,1-3H3;1H/t13-,14?,17?;/m1./s1. The van der Waals surface area contributed by atoms with E-state index in [-0.39, 0.29) is 18.0 Å². The van der Waals surface area contributed by atoms with Gasteiger partial charge in [0.2, 0.25) is 0 Å². The van der Waals surface area contributed by atoms with Gasteiger partial charge in [-0.2, -0.15) is 0 Å². The van der Waals surface area contributed by atoms with Gasteiger partial charge in [0.15, 0.2) is 0 Å². The summed E-state index contributed by atoms with van der Waals surface area (Å²) in [7, 11) is 1.79. The number of hydrogen-bond acceptors (Lipinski definition) is 4. The van der Waals surface area contributed by atoms with Crippen LogP contribution < -0.4 is 5.32 Å². The number of nitrogens with one attached hydrogen (secondary N) is 1. The van der Waals surface area contributed by atoms with Crippen LogP contribution in [0.15, 0.2) is 12.3 Å². The quantitative estimate of drug-likeness (QED) is 0.927. The van der Waals surface area contributed by atoms with Crippen molar-refractivity contribution in [3.05, 3.63) is 29.1 Å². The lowest BCUT2D eigenvalue weighted by Crippen LogP contribution is -2.37. The van der Waals surface area contributed by atoms with Crippen LogP contribution in [0.2, 0.25) is 0 Å². The molecule has 0 aromatic carbocycles. The average molecular weight is 327 g/mol. The summed E-state index contributed by atoms with van der Waals surface area (Å²) in [6.07, 6.45) is 5.15. The number of aromatic nitrogens is 1. The second-order valence-corrected chi connectivity index (χ2v) is 6.47. The molecule has 0 saturated carbocycles. The topological polar surface area (TPSA) is 43.4 Å². The molecule has 1 aromatic rings. The van der Waals surface area contributed by atoms with Crippen LogP contribution in [0.4, 0.5) is 0 Å². The Kier molecular flexibility index (Phi) is 5.83. The molecule has 124 valence electrons. The second-order valence-electron chi connectivity index (χ2n) is 6.47. The van der Waals surface area contributed by atoms with E-state index in [1.165, 1.54) is 24.0 Å². The molecule has 1 aromatic heterocycles. The molecule has 0 spiro atoms. The molecular formula is C17H27ClN2O2. The minimum absolute atomic E-state index is 0. The molecule has 5 heteroatoms. The lowest BCUT2D eigenvalue weighted by atomic mass is 9.80. The van der Waals surface area contributed by atoms with Gasteiger partial charge in [0.25, 0.3) is 0 Å². The largest absolute Gasteiger partial charge is 0.378 e. The average Bonchev–Trinajstić information content (AvgIpc) is 2.97. The van der Waals surface area contributed by atoms with Crippen molar-refractivity contribution in [2.45, 2.75) is 50.7 Å². The van der Waals surface area contributed by atoms with Gasteiger partial charge in [0.1, 0.15) is 5.60 Å². The van der Waals surface area contributed by atoms with E-state index in [2.05, 4.69) is 25.2 Å². The highest BCUT2D eigenvalue weighted by molar-refractivity contribution is 5.85. The molecule has 22 heavy (non-hydrogen) atoms. The fourth-order valence-corrected chi connectivity index (χ4v) is 3.83. The summed E-state index contributed by atoms with van der Waals surface area (Å²) in [6.45, 7) is 6.92. The van der Waals surface area contributed by atoms with E-state index in [1.807, 2.05) is 6.20 Å². The molecule has 0 amide bonds. The Balaban J connectivity index is 0.00000176. The molecule has 0 radical (unpaired) electrons. The number of piperidine rings is 1. The Morgan fingerprint density at radius 3 is 2.91 bits per heavy atom. The minimum Gasteiger partial charge on any atom is -0.378 e. The highest BCUT2D eigenvalue weighted by Gasteiger charge is 2.41. The molecule has 2 fully saturated rings. The number of methoxy groups -OCH3 is 1. The number of pyridine rings is 1. The van der Waals surface area contributed by atoms with Crippen LogP contribution in [0.3, 0.4) is 0 Å². The molecular weight excluding hydrogens is 300 g/mol. The van der Waals surface area contributed by atoms with E-state index >= 15 is 0 Å². The summed E-state index contributed by atoms with van der Waals surface area (Å²) in [5.41, 5.74) is 3.50. The van der Waals surface area contributed by atoms with Crippen LogP contribution in [0.25, 0.3) is 0 Å². The van der Waals surface area contributed by atoms with E-state index in [0.717, 1.165) is 25.3 Å². The maximum atomic E-state index is 5.90. The predicted octanol–water partition coefficient (Wildman–Crippen LogP) is 2.93. The van der Waals surface area contributed by atoms with Crippen molar-refractivity contribution in [2.24, 2.45) is 0 Å². The summed E-state index contributed by atoms with van der Waals surface area (Å²) < 4.78 is 11.5. The van der Waals surface area contributed by atoms with Crippen molar-refractivity contribution in [1.82, 2.24) is 10.3 Å². The molecule has 0 aliphatic carbocycles. The first kappa shape index (κ1) is 17.7. The van der Waals surface area contributed by atoms with E-state index in [0.29, 0.717) is 18.6 Å². The van der Waals surface area contributed by atoms with Crippen LogP contribution in [0.1, 0.15) is 48.9 Å². The molecule has 2 unspecified atom stereocenters. The number of hydrogen-bond donors (Lipinski definition) is 1. The Bertz CT molecular complexity index is 503. The predicted molar refractivity (Wildman–Crippen MR) is 89.8 cm³/mol. The van der Waals surface area contributed by atoms with Gasteiger partial charge in [-0.05, 0) is 56.3 Å². The fraction of sp³-hybridized carbons (Fsp3) is 0.706. The van der Waals surface area contributed by atoms with Crippen molar-refractivity contribution in [1.29, 1.82) is 0 Å². The molecule has 3 rings (SSSR count). The number of aryl methyl sites for hydroxylation is 1. The Morgan fingerprint density at radius 2 is 2.27 bits per heavy atom. The number of rotatable bonds is 3. The van der Waals surface area contributed by atoms with Gasteiger partial charge in [-0.3, -0.25) is 4.98 Å². The van der Waals surface area contributed by atoms with Crippen LogP contribution in [0.5, 0.6) is 0 Å². The zero-order chi connectivity index (χ0) is 14.9. The van der Waals surface area contributed by atoms with Crippen molar-refractivity contribution >= 4 is 12.4 Å². The maximum Gasteiger partial charge on any atom is 0.135 e. The Labute approximate surface area is 139 Å². The first-order valence-electron chi connectivity index (χ1n) is 7.98. The maximum absolute atomic E-state index is 5.90. The summed E-state index contributed by atoms with van der Waals surface area (Å²) in [4.78, 5) is 4.74. The van der Waals surface area contributed by atoms with Gasteiger partial charge in [-0.25, -0.2) is 0 Å². The van der Waals surface area contributed by atoms with Crippen molar-refractivity contribution < 1.29 is 9.47 Å².